The number of rotatable bonds is 6. The fourth-order valence-electron chi connectivity index (χ4n) is 2.23. The van der Waals surface area contributed by atoms with Crippen molar-refractivity contribution in [1.82, 2.24) is 14.5 Å². The van der Waals surface area contributed by atoms with Crippen LogP contribution in [0.1, 0.15) is 26.2 Å². The maximum absolute atomic E-state index is 13.3. The van der Waals surface area contributed by atoms with Gasteiger partial charge in [-0.3, -0.25) is 14.3 Å². The maximum atomic E-state index is 13.3. The number of amides is 1. The van der Waals surface area contributed by atoms with Gasteiger partial charge in [0.1, 0.15) is 5.82 Å². The molecule has 2 aromatic rings. The Kier molecular flexibility index (Phi) is 4.52. The summed E-state index contributed by atoms with van der Waals surface area (Å²) in [6, 6.07) is 6.72. The highest BCUT2D eigenvalue weighted by Gasteiger charge is 2.21. The summed E-state index contributed by atoms with van der Waals surface area (Å²) in [4.78, 5) is 17.1. The Morgan fingerprint density at radius 1 is 1.38 bits per heavy atom. The van der Waals surface area contributed by atoms with Crippen LogP contribution in [0, 0.1) is 0 Å². The molecular formula is C14H18F2N4O. The molecule has 7 heteroatoms. The number of nitrogens with zero attached hydrogens (tertiary/aromatic N) is 3. The molecular weight excluding hydrogens is 278 g/mol. The van der Waals surface area contributed by atoms with Crippen molar-refractivity contribution in [3.63, 3.8) is 0 Å². The molecule has 1 amide bonds. The SMILES string of the molecule is CC(C)N(CC(N)=O)Cc1nc2ccccc2n1C(F)F. The van der Waals surface area contributed by atoms with Crippen molar-refractivity contribution in [3.05, 3.63) is 30.1 Å². The van der Waals surface area contributed by atoms with Crippen LogP contribution in [0.2, 0.25) is 0 Å². The van der Waals surface area contributed by atoms with E-state index in [0.717, 1.165) is 4.57 Å². The Bertz CT molecular complexity index is 639. The Hall–Kier alpha value is -2.02. The van der Waals surface area contributed by atoms with Crippen LogP contribution in [0.4, 0.5) is 8.78 Å². The first kappa shape index (κ1) is 15.4. The molecule has 21 heavy (non-hydrogen) atoms. The van der Waals surface area contributed by atoms with Crippen LogP contribution in [0.25, 0.3) is 11.0 Å². The first-order chi connectivity index (χ1) is 9.90. The lowest BCUT2D eigenvalue weighted by Gasteiger charge is -2.24. The van der Waals surface area contributed by atoms with Gasteiger partial charge in [0.15, 0.2) is 0 Å². The Morgan fingerprint density at radius 3 is 2.62 bits per heavy atom. The Morgan fingerprint density at radius 2 is 2.05 bits per heavy atom. The molecule has 5 nitrogen and oxygen atoms in total. The van der Waals surface area contributed by atoms with Crippen molar-refractivity contribution in [2.75, 3.05) is 6.54 Å². The van der Waals surface area contributed by atoms with Gasteiger partial charge >= 0.3 is 6.55 Å². The highest BCUT2D eigenvalue weighted by atomic mass is 19.3. The summed E-state index contributed by atoms with van der Waals surface area (Å²) in [7, 11) is 0. The van der Waals surface area contributed by atoms with Gasteiger partial charge in [0.05, 0.1) is 24.1 Å². The molecule has 1 aromatic heterocycles. The van der Waals surface area contributed by atoms with E-state index >= 15 is 0 Å². The molecule has 0 aliphatic rings. The number of nitrogens with two attached hydrogens (primary N) is 1. The minimum absolute atomic E-state index is 0.00408. The molecule has 0 aliphatic carbocycles. The Labute approximate surface area is 121 Å². The van der Waals surface area contributed by atoms with Gasteiger partial charge in [-0.2, -0.15) is 8.78 Å². The van der Waals surface area contributed by atoms with E-state index in [9.17, 15) is 13.6 Å². The lowest BCUT2D eigenvalue weighted by atomic mass is 10.3. The number of primary amides is 1. The van der Waals surface area contributed by atoms with Crippen LogP contribution in [0.3, 0.4) is 0 Å². The molecule has 0 bridgehead atoms. The van der Waals surface area contributed by atoms with Gasteiger partial charge in [-0.05, 0) is 26.0 Å². The summed E-state index contributed by atoms with van der Waals surface area (Å²) in [5.41, 5.74) is 6.09. The van der Waals surface area contributed by atoms with E-state index in [1.807, 2.05) is 13.8 Å². The van der Waals surface area contributed by atoms with Crippen LogP contribution in [-0.2, 0) is 11.3 Å². The summed E-state index contributed by atoms with van der Waals surface area (Å²) in [6.07, 6.45) is 0. The van der Waals surface area contributed by atoms with Crippen molar-refractivity contribution in [2.45, 2.75) is 33.0 Å². The quantitative estimate of drug-likeness (QED) is 0.888. The number of halogens is 2. The number of hydrogen-bond donors (Lipinski definition) is 1. The van der Waals surface area contributed by atoms with Crippen LogP contribution < -0.4 is 5.73 Å². The first-order valence-electron chi connectivity index (χ1n) is 6.66. The highest BCUT2D eigenvalue weighted by molar-refractivity contribution is 5.76. The number of hydrogen-bond acceptors (Lipinski definition) is 3. The largest absolute Gasteiger partial charge is 0.369 e. The number of carbonyl (C=O) groups is 1. The molecule has 0 saturated heterocycles. The van der Waals surface area contributed by atoms with E-state index in [4.69, 9.17) is 5.73 Å². The van der Waals surface area contributed by atoms with Crippen LogP contribution in [-0.4, -0.2) is 32.9 Å². The second kappa shape index (κ2) is 6.17. The third-order valence-electron chi connectivity index (χ3n) is 3.30. The standard InChI is InChI=1S/C14H18F2N4O/c1-9(2)19(7-12(17)21)8-13-18-10-5-3-4-6-11(10)20(13)14(15)16/h3-6,9,14H,7-8H2,1-2H3,(H2,17,21). The number of aromatic nitrogens is 2. The van der Waals surface area contributed by atoms with Crippen molar-refractivity contribution in [1.29, 1.82) is 0 Å². The number of imidazole rings is 1. The highest BCUT2D eigenvalue weighted by Crippen LogP contribution is 2.24. The van der Waals surface area contributed by atoms with Gasteiger partial charge in [-0.1, -0.05) is 12.1 Å². The molecule has 0 spiro atoms. The van der Waals surface area contributed by atoms with E-state index in [0.29, 0.717) is 11.0 Å². The predicted molar refractivity (Wildman–Crippen MR) is 75.7 cm³/mol. The lowest BCUT2D eigenvalue weighted by molar-refractivity contribution is -0.119. The summed E-state index contributed by atoms with van der Waals surface area (Å²) < 4.78 is 27.5. The Balaban J connectivity index is 2.40. The number of carbonyl (C=O) groups excluding carboxylic acids is 1. The summed E-state index contributed by atoms with van der Waals surface area (Å²) in [6.45, 7) is 1.20. The molecule has 0 saturated carbocycles. The average Bonchev–Trinajstić information content (AvgIpc) is 2.75. The second-order valence-electron chi connectivity index (χ2n) is 5.13. The molecule has 114 valence electrons. The topological polar surface area (TPSA) is 64.2 Å². The maximum Gasteiger partial charge on any atom is 0.320 e. The van der Waals surface area contributed by atoms with E-state index in [1.165, 1.54) is 0 Å². The molecule has 0 unspecified atom stereocenters. The van der Waals surface area contributed by atoms with E-state index < -0.39 is 12.5 Å². The first-order valence-corrected chi connectivity index (χ1v) is 6.66. The average molecular weight is 296 g/mol. The van der Waals surface area contributed by atoms with Crippen LogP contribution >= 0.6 is 0 Å². The van der Waals surface area contributed by atoms with Crippen LogP contribution in [0.5, 0.6) is 0 Å². The summed E-state index contributed by atoms with van der Waals surface area (Å²) in [5, 5.41) is 0. The molecule has 0 aliphatic heterocycles. The molecule has 1 aromatic carbocycles. The van der Waals surface area contributed by atoms with E-state index in [-0.39, 0.29) is 25.0 Å². The second-order valence-corrected chi connectivity index (χ2v) is 5.13. The zero-order valence-electron chi connectivity index (χ0n) is 12.0. The van der Waals surface area contributed by atoms with Gasteiger partial charge < -0.3 is 5.73 Å². The van der Waals surface area contributed by atoms with Crippen molar-refractivity contribution in [2.24, 2.45) is 5.73 Å². The minimum atomic E-state index is -2.69. The zero-order valence-corrected chi connectivity index (χ0v) is 12.0. The van der Waals surface area contributed by atoms with E-state index in [1.54, 1.807) is 29.2 Å². The van der Waals surface area contributed by atoms with Gasteiger partial charge in [0.2, 0.25) is 5.91 Å². The van der Waals surface area contributed by atoms with Crippen molar-refractivity contribution >= 4 is 16.9 Å². The summed E-state index contributed by atoms with van der Waals surface area (Å²) >= 11 is 0. The molecule has 0 radical (unpaired) electrons. The lowest BCUT2D eigenvalue weighted by Crippen LogP contribution is -2.38. The molecule has 0 fully saturated rings. The number of fused-ring (bicyclic) bond motifs is 1. The number of para-hydroxylation sites is 2. The van der Waals surface area contributed by atoms with E-state index in [2.05, 4.69) is 4.98 Å². The third-order valence-corrected chi connectivity index (χ3v) is 3.30. The number of alkyl halides is 2. The molecule has 2 rings (SSSR count). The van der Waals surface area contributed by atoms with Crippen molar-refractivity contribution < 1.29 is 13.6 Å². The normalized spacial score (nSPS) is 12.0. The summed E-state index contributed by atoms with van der Waals surface area (Å²) in [5.74, 6) is -0.274. The zero-order chi connectivity index (χ0) is 15.6. The molecule has 0 atom stereocenters. The smallest absolute Gasteiger partial charge is 0.320 e. The van der Waals surface area contributed by atoms with Gasteiger partial charge in [0.25, 0.3) is 0 Å². The van der Waals surface area contributed by atoms with Gasteiger partial charge in [-0.25, -0.2) is 4.98 Å². The monoisotopic (exact) mass is 296 g/mol. The predicted octanol–water partition coefficient (Wildman–Crippen LogP) is 2.13. The third kappa shape index (κ3) is 3.36. The molecule has 1 heterocycles. The van der Waals surface area contributed by atoms with Gasteiger partial charge in [0, 0.05) is 6.04 Å². The fourth-order valence-corrected chi connectivity index (χ4v) is 2.23. The molecule has 2 N–H and O–H groups in total. The van der Waals surface area contributed by atoms with Crippen molar-refractivity contribution in [3.8, 4) is 0 Å². The van der Waals surface area contributed by atoms with Gasteiger partial charge in [-0.15, -0.1) is 0 Å². The minimum Gasteiger partial charge on any atom is -0.369 e. The van der Waals surface area contributed by atoms with Crippen LogP contribution in [0.15, 0.2) is 24.3 Å². The number of benzene rings is 1. The fraction of sp³-hybridized carbons (Fsp3) is 0.429.